The van der Waals surface area contributed by atoms with Crippen molar-refractivity contribution in [1.29, 1.82) is 0 Å². The van der Waals surface area contributed by atoms with Crippen LogP contribution in [0.2, 0.25) is 0 Å². The van der Waals surface area contributed by atoms with Crippen molar-refractivity contribution in [1.82, 2.24) is 9.47 Å². The van der Waals surface area contributed by atoms with E-state index >= 15 is 0 Å². The molecule has 166 valence electrons. The number of carbonyl (C=O) groups excluding carboxylic acids is 1. The molecule has 1 heterocycles. The highest BCUT2D eigenvalue weighted by atomic mass is 19.4. The van der Waals surface area contributed by atoms with Crippen LogP contribution in [-0.2, 0) is 26.9 Å². The molecule has 29 heavy (non-hydrogen) atoms. The number of methoxy groups -OCH3 is 1. The number of likely N-dealkylation sites (N-methyl/N-ethyl adjacent to an activating group) is 1. The molecule has 1 aromatic rings. The fourth-order valence-electron chi connectivity index (χ4n) is 2.88. The topological polar surface area (TPSA) is 60.8 Å². The zero-order chi connectivity index (χ0) is 22.2. The third-order valence-electron chi connectivity index (χ3n) is 4.34. The van der Waals surface area contributed by atoms with Crippen molar-refractivity contribution in [2.45, 2.75) is 45.3 Å². The van der Waals surface area contributed by atoms with E-state index < -0.39 is 29.3 Å². The summed E-state index contributed by atoms with van der Waals surface area (Å²) in [5, 5.41) is 0. The maximum Gasteiger partial charge on any atom is 0.416 e. The minimum absolute atomic E-state index is 0.0215. The standard InChI is InChI=1S/C20H31F3N2O4/c1-14(2)11-17(19(27)29-10-6-9-28-5)25-13-15(7-8-24(3)4)16(12-18(25)26)20(21,22)23/h12-14,17H,6-11H2,1-5H3. The zero-order valence-corrected chi connectivity index (χ0v) is 17.7. The summed E-state index contributed by atoms with van der Waals surface area (Å²) in [5.41, 5.74) is -1.85. The average Bonchev–Trinajstić information content (AvgIpc) is 2.61. The van der Waals surface area contributed by atoms with Crippen molar-refractivity contribution in [2.24, 2.45) is 5.92 Å². The monoisotopic (exact) mass is 420 g/mol. The molecule has 0 bridgehead atoms. The Kier molecular flexibility index (Phi) is 9.85. The van der Waals surface area contributed by atoms with E-state index in [1.165, 1.54) is 7.11 Å². The smallest absolute Gasteiger partial charge is 0.416 e. The molecule has 9 heteroatoms. The highest BCUT2D eigenvalue weighted by Gasteiger charge is 2.35. The molecule has 0 saturated carbocycles. The van der Waals surface area contributed by atoms with E-state index in [1.54, 1.807) is 19.0 Å². The molecule has 1 atom stereocenters. The van der Waals surface area contributed by atoms with Gasteiger partial charge in [-0.1, -0.05) is 13.8 Å². The minimum atomic E-state index is -4.64. The number of carbonyl (C=O) groups is 1. The van der Waals surface area contributed by atoms with Crippen LogP contribution < -0.4 is 5.56 Å². The number of halogens is 3. The maximum absolute atomic E-state index is 13.4. The number of esters is 1. The lowest BCUT2D eigenvalue weighted by Crippen LogP contribution is -2.34. The second kappa shape index (κ2) is 11.3. The van der Waals surface area contributed by atoms with E-state index in [0.717, 1.165) is 10.8 Å². The second-order valence-electron chi connectivity index (χ2n) is 7.67. The molecule has 0 spiro atoms. The Hall–Kier alpha value is -1.87. The maximum atomic E-state index is 13.4. The Morgan fingerprint density at radius 2 is 1.90 bits per heavy atom. The molecule has 0 aliphatic carbocycles. The molecule has 1 unspecified atom stereocenters. The van der Waals surface area contributed by atoms with E-state index in [1.807, 2.05) is 13.8 Å². The molecular formula is C20H31F3N2O4. The summed E-state index contributed by atoms with van der Waals surface area (Å²) in [6, 6.07) is -0.401. The van der Waals surface area contributed by atoms with Crippen LogP contribution in [0.25, 0.3) is 0 Å². The largest absolute Gasteiger partial charge is 0.464 e. The van der Waals surface area contributed by atoms with Crippen LogP contribution in [0.4, 0.5) is 13.2 Å². The van der Waals surface area contributed by atoms with Crippen LogP contribution in [0.1, 0.15) is 43.9 Å². The van der Waals surface area contributed by atoms with Crippen molar-refractivity contribution in [3.8, 4) is 0 Å². The predicted molar refractivity (Wildman–Crippen MR) is 104 cm³/mol. The lowest BCUT2D eigenvalue weighted by atomic mass is 10.0. The van der Waals surface area contributed by atoms with Gasteiger partial charge in [-0.2, -0.15) is 13.2 Å². The molecule has 1 rings (SSSR count). The summed E-state index contributed by atoms with van der Waals surface area (Å²) in [6.07, 6.45) is -2.61. The lowest BCUT2D eigenvalue weighted by Gasteiger charge is -2.23. The van der Waals surface area contributed by atoms with E-state index in [4.69, 9.17) is 9.47 Å². The first kappa shape index (κ1) is 25.2. The number of nitrogens with zero attached hydrogens (tertiary/aromatic N) is 2. The number of alkyl halides is 3. The normalized spacial score (nSPS) is 13.2. The average molecular weight is 420 g/mol. The van der Waals surface area contributed by atoms with E-state index in [-0.39, 0.29) is 30.9 Å². The van der Waals surface area contributed by atoms with Gasteiger partial charge >= 0.3 is 12.1 Å². The molecule has 0 aliphatic heterocycles. The summed E-state index contributed by atoms with van der Waals surface area (Å²) in [4.78, 5) is 26.9. The van der Waals surface area contributed by atoms with E-state index in [0.29, 0.717) is 25.6 Å². The van der Waals surface area contributed by atoms with Crippen molar-refractivity contribution >= 4 is 5.97 Å². The summed E-state index contributed by atoms with van der Waals surface area (Å²) in [6.45, 7) is 4.64. The molecule has 0 aromatic carbocycles. The molecular weight excluding hydrogens is 389 g/mol. The first-order chi connectivity index (χ1) is 13.5. The second-order valence-corrected chi connectivity index (χ2v) is 7.67. The van der Waals surface area contributed by atoms with E-state index in [2.05, 4.69) is 0 Å². The van der Waals surface area contributed by atoms with Crippen LogP contribution in [0.15, 0.2) is 17.1 Å². The summed E-state index contributed by atoms with van der Waals surface area (Å²) < 4.78 is 51.5. The number of aromatic nitrogens is 1. The number of hydrogen-bond donors (Lipinski definition) is 0. The highest BCUT2D eigenvalue weighted by molar-refractivity contribution is 5.74. The van der Waals surface area contributed by atoms with Gasteiger partial charge in [0.05, 0.1) is 12.2 Å². The van der Waals surface area contributed by atoms with Gasteiger partial charge in [0.1, 0.15) is 6.04 Å². The third kappa shape index (κ3) is 8.18. The number of ether oxygens (including phenoxy) is 2. The van der Waals surface area contributed by atoms with Crippen LogP contribution >= 0.6 is 0 Å². The van der Waals surface area contributed by atoms with Gasteiger partial charge in [0.15, 0.2) is 0 Å². The van der Waals surface area contributed by atoms with Gasteiger partial charge in [-0.05, 0) is 38.4 Å². The SMILES string of the molecule is COCCCOC(=O)C(CC(C)C)n1cc(CCN(C)C)c(C(F)(F)F)cc1=O. The Morgan fingerprint density at radius 3 is 2.41 bits per heavy atom. The first-order valence-electron chi connectivity index (χ1n) is 9.60. The fourth-order valence-corrected chi connectivity index (χ4v) is 2.88. The Labute approximate surface area is 169 Å². The molecule has 0 fully saturated rings. The van der Waals surface area contributed by atoms with Gasteiger partial charge < -0.3 is 18.9 Å². The summed E-state index contributed by atoms with van der Waals surface area (Å²) >= 11 is 0. The zero-order valence-electron chi connectivity index (χ0n) is 17.7. The van der Waals surface area contributed by atoms with Crippen LogP contribution in [-0.4, -0.2) is 56.4 Å². The summed E-state index contributed by atoms with van der Waals surface area (Å²) in [7, 11) is 5.03. The number of rotatable bonds is 11. The highest BCUT2D eigenvalue weighted by Crippen LogP contribution is 2.32. The first-order valence-corrected chi connectivity index (χ1v) is 9.60. The Balaban J connectivity index is 3.30. The van der Waals surface area contributed by atoms with Crippen molar-refractivity contribution in [3.63, 3.8) is 0 Å². The van der Waals surface area contributed by atoms with Gasteiger partial charge in [0, 0.05) is 38.9 Å². The van der Waals surface area contributed by atoms with E-state index in [9.17, 15) is 22.8 Å². The van der Waals surface area contributed by atoms with Gasteiger partial charge in [-0.15, -0.1) is 0 Å². The van der Waals surface area contributed by atoms with Gasteiger partial charge in [-0.25, -0.2) is 4.79 Å². The Morgan fingerprint density at radius 1 is 1.24 bits per heavy atom. The lowest BCUT2D eigenvalue weighted by molar-refractivity contribution is -0.148. The van der Waals surface area contributed by atoms with Crippen molar-refractivity contribution < 1.29 is 27.4 Å². The van der Waals surface area contributed by atoms with Crippen LogP contribution in [0.3, 0.4) is 0 Å². The van der Waals surface area contributed by atoms with Crippen LogP contribution in [0.5, 0.6) is 0 Å². The summed E-state index contributed by atoms with van der Waals surface area (Å²) in [5.74, 6) is -0.596. The van der Waals surface area contributed by atoms with Gasteiger partial charge in [0.2, 0.25) is 0 Å². The number of pyridine rings is 1. The molecule has 0 amide bonds. The molecule has 0 N–H and O–H groups in total. The Bertz CT molecular complexity index is 715. The van der Waals surface area contributed by atoms with Gasteiger partial charge in [-0.3, -0.25) is 4.79 Å². The van der Waals surface area contributed by atoms with Crippen LogP contribution in [0, 0.1) is 5.92 Å². The molecule has 0 saturated heterocycles. The van der Waals surface area contributed by atoms with Crippen molar-refractivity contribution in [2.75, 3.05) is 41.0 Å². The number of hydrogen-bond acceptors (Lipinski definition) is 5. The molecule has 0 aliphatic rings. The molecule has 0 radical (unpaired) electrons. The molecule has 6 nitrogen and oxygen atoms in total. The van der Waals surface area contributed by atoms with Crippen molar-refractivity contribution in [3.05, 3.63) is 33.7 Å². The third-order valence-corrected chi connectivity index (χ3v) is 4.34. The predicted octanol–water partition coefficient (Wildman–Crippen LogP) is 3.14. The quantitative estimate of drug-likeness (QED) is 0.407. The van der Waals surface area contributed by atoms with Gasteiger partial charge in [0.25, 0.3) is 5.56 Å². The fraction of sp³-hybridized carbons (Fsp3) is 0.700. The molecule has 1 aromatic heterocycles. The minimum Gasteiger partial charge on any atom is -0.464 e.